The summed E-state index contributed by atoms with van der Waals surface area (Å²) < 4.78 is 0. The average Bonchev–Trinajstić information content (AvgIpc) is 2.52. The molecule has 2 aromatic carbocycles. The van der Waals surface area contributed by atoms with E-state index in [0.717, 1.165) is 27.4 Å². The molecular weight excluding hydrogens is 320 g/mol. The molecule has 5 heteroatoms. The Kier molecular flexibility index (Phi) is 4.62. The van der Waals surface area contributed by atoms with Gasteiger partial charge >= 0.3 is 0 Å². The van der Waals surface area contributed by atoms with Crippen molar-refractivity contribution in [1.82, 2.24) is 0 Å². The van der Waals surface area contributed by atoms with Crippen LogP contribution in [0.1, 0.15) is 18.1 Å². The highest BCUT2D eigenvalue weighted by Crippen LogP contribution is 2.38. The molecule has 0 bridgehead atoms. The molecule has 124 valence electrons. The second-order valence-electron chi connectivity index (χ2n) is 6.18. The minimum Gasteiger partial charge on any atom is -0.326 e. The quantitative estimate of drug-likeness (QED) is 0.888. The van der Waals surface area contributed by atoms with Crippen LogP contribution in [0, 0.1) is 19.8 Å². The Morgan fingerprint density at radius 2 is 1.83 bits per heavy atom. The van der Waals surface area contributed by atoms with E-state index in [2.05, 4.69) is 16.7 Å². The number of nitrogens with one attached hydrogen (secondary N) is 2. The molecule has 2 unspecified atom stereocenters. The number of aryl methyl sites for hydroxylation is 2. The van der Waals surface area contributed by atoms with Gasteiger partial charge in [0.1, 0.15) is 0 Å². The van der Waals surface area contributed by atoms with Gasteiger partial charge in [-0.3, -0.25) is 9.59 Å². The van der Waals surface area contributed by atoms with E-state index in [-0.39, 0.29) is 11.8 Å². The van der Waals surface area contributed by atoms with Crippen LogP contribution in [0.5, 0.6) is 0 Å². The van der Waals surface area contributed by atoms with E-state index in [4.69, 9.17) is 0 Å². The second-order valence-corrected chi connectivity index (χ2v) is 7.36. The molecular formula is C19H20N2O2S. The van der Waals surface area contributed by atoms with Gasteiger partial charge in [-0.1, -0.05) is 25.1 Å². The zero-order valence-electron chi connectivity index (χ0n) is 13.9. The topological polar surface area (TPSA) is 58.2 Å². The van der Waals surface area contributed by atoms with E-state index in [1.807, 2.05) is 50.2 Å². The summed E-state index contributed by atoms with van der Waals surface area (Å²) in [5.74, 6) is -0.710. The predicted molar refractivity (Wildman–Crippen MR) is 98.4 cm³/mol. The number of benzene rings is 2. The summed E-state index contributed by atoms with van der Waals surface area (Å²) in [6.45, 7) is 5.78. The van der Waals surface area contributed by atoms with Crippen molar-refractivity contribution in [3.63, 3.8) is 0 Å². The van der Waals surface area contributed by atoms with Crippen LogP contribution in [-0.4, -0.2) is 17.1 Å². The Bertz CT molecular complexity index is 783. The van der Waals surface area contributed by atoms with Crippen LogP contribution >= 0.6 is 11.8 Å². The summed E-state index contributed by atoms with van der Waals surface area (Å²) in [6.07, 6.45) is 0. The molecule has 0 aliphatic carbocycles. The molecule has 1 heterocycles. The summed E-state index contributed by atoms with van der Waals surface area (Å²) >= 11 is 1.45. The first-order chi connectivity index (χ1) is 11.4. The summed E-state index contributed by atoms with van der Waals surface area (Å²) in [6, 6.07) is 13.6. The molecule has 2 atom stereocenters. The minimum atomic E-state index is -0.441. The molecule has 0 saturated carbocycles. The van der Waals surface area contributed by atoms with Gasteiger partial charge in [0.2, 0.25) is 11.8 Å². The molecule has 24 heavy (non-hydrogen) atoms. The fraction of sp³-hybridized carbons (Fsp3) is 0.263. The highest BCUT2D eigenvalue weighted by Gasteiger charge is 2.35. The van der Waals surface area contributed by atoms with E-state index in [0.29, 0.717) is 0 Å². The van der Waals surface area contributed by atoms with Crippen LogP contribution in [0.15, 0.2) is 47.4 Å². The third-order valence-electron chi connectivity index (χ3n) is 4.01. The van der Waals surface area contributed by atoms with E-state index in [1.54, 1.807) is 6.92 Å². The Morgan fingerprint density at radius 3 is 2.54 bits per heavy atom. The fourth-order valence-corrected chi connectivity index (χ4v) is 4.01. The molecule has 0 aromatic heterocycles. The predicted octanol–water partition coefficient (Wildman–Crippen LogP) is 3.99. The summed E-state index contributed by atoms with van der Waals surface area (Å²) in [7, 11) is 0. The lowest BCUT2D eigenvalue weighted by Crippen LogP contribution is -2.39. The zero-order chi connectivity index (χ0) is 17.3. The van der Waals surface area contributed by atoms with Crippen molar-refractivity contribution in [1.29, 1.82) is 0 Å². The smallest absolute Gasteiger partial charge is 0.238 e. The largest absolute Gasteiger partial charge is 0.326 e. The second kappa shape index (κ2) is 6.69. The van der Waals surface area contributed by atoms with Gasteiger partial charge in [0.25, 0.3) is 0 Å². The number of fused-ring (bicyclic) bond motifs is 1. The van der Waals surface area contributed by atoms with Crippen LogP contribution in [-0.2, 0) is 9.59 Å². The number of carbonyl (C=O) groups excluding carboxylic acids is 2. The number of hydrogen-bond donors (Lipinski definition) is 2. The first-order valence-electron chi connectivity index (χ1n) is 7.90. The molecule has 2 N–H and O–H groups in total. The standard InChI is InChI=1S/C19H20N2O2S/c1-11-8-12(2)10-14(9-11)20-18(22)13(3)17-19(23)21-15-6-4-5-7-16(15)24-17/h4-10,13,17H,1-3H3,(H,20,22)(H,21,23). The molecule has 2 amide bonds. The van der Waals surface area contributed by atoms with Gasteiger partial charge in [0.15, 0.2) is 0 Å². The lowest BCUT2D eigenvalue weighted by Gasteiger charge is -2.27. The van der Waals surface area contributed by atoms with Crippen LogP contribution in [0.3, 0.4) is 0 Å². The molecule has 1 aliphatic rings. The number of thioether (sulfide) groups is 1. The van der Waals surface area contributed by atoms with E-state index in [9.17, 15) is 9.59 Å². The van der Waals surface area contributed by atoms with Crippen LogP contribution in [0.4, 0.5) is 11.4 Å². The van der Waals surface area contributed by atoms with Crippen LogP contribution < -0.4 is 10.6 Å². The monoisotopic (exact) mass is 340 g/mol. The van der Waals surface area contributed by atoms with Crippen LogP contribution in [0.2, 0.25) is 0 Å². The van der Waals surface area contributed by atoms with Crippen molar-refractivity contribution in [2.75, 3.05) is 10.6 Å². The maximum absolute atomic E-state index is 12.6. The van der Waals surface area contributed by atoms with Crippen molar-refractivity contribution in [3.05, 3.63) is 53.6 Å². The fourth-order valence-electron chi connectivity index (χ4n) is 2.84. The molecule has 3 rings (SSSR count). The Morgan fingerprint density at radius 1 is 1.17 bits per heavy atom. The molecule has 0 fully saturated rings. The number of para-hydroxylation sites is 1. The molecule has 0 saturated heterocycles. The molecule has 1 aliphatic heterocycles. The molecule has 0 spiro atoms. The lowest BCUT2D eigenvalue weighted by atomic mass is 10.0. The van der Waals surface area contributed by atoms with Crippen molar-refractivity contribution in [2.24, 2.45) is 5.92 Å². The number of carbonyl (C=O) groups is 2. The first-order valence-corrected chi connectivity index (χ1v) is 8.78. The Labute approximate surface area is 146 Å². The summed E-state index contributed by atoms with van der Waals surface area (Å²) in [5, 5.41) is 5.38. The Balaban J connectivity index is 1.75. The first kappa shape index (κ1) is 16.6. The number of hydrogen-bond acceptors (Lipinski definition) is 3. The number of anilines is 2. The minimum absolute atomic E-state index is 0.123. The van der Waals surface area contributed by atoms with Gasteiger partial charge in [-0.25, -0.2) is 0 Å². The van der Waals surface area contributed by atoms with Gasteiger partial charge in [-0.05, 0) is 49.2 Å². The van der Waals surface area contributed by atoms with E-state index < -0.39 is 11.2 Å². The maximum atomic E-state index is 12.6. The van der Waals surface area contributed by atoms with Gasteiger partial charge in [0.05, 0.1) is 16.9 Å². The highest BCUT2D eigenvalue weighted by atomic mass is 32.2. The number of rotatable bonds is 3. The SMILES string of the molecule is Cc1cc(C)cc(NC(=O)C(C)C2Sc3ccccc3NC2=O)c1. The lowest BCUT2D eigenvalue weighted by molar-refractivity contribution is -0.123. The third kappa shape index (κ3) is 3.46. The maximum Gasteiger partial charge on any atom is 0.238 e. The van der Waals surface area contributed by atoms with Crippen molar-refractivity contribution < 1.29 is 9.59 Å². The van der Waals surface area contributed by atoms with Gasteiger partial charge in [-0.15, -0.1) is 11.8 Å². The summed E-state index contributed by atoms with van der Waals surface area (Å²) in [4.78, 5) is 25.9. The molecule has 0 radical (unpaired) electrons. The number of amides is 2. The third-order valence-corrected chi connectivity index (χ3v) is 5.50. The average molecular weight is 340 g/mol. The van der Waals surface area contributed by atoms with Crippen molar-refractivity contribution in [3.8, 4) is 0 Å². The molecule has 2 aromatic rings. The van der Waals surface area contributed by atoms with E-state index >= 15 is 0 Å². The summed E-state index contributed by atoms with van der Waals surface area (Å²) in [5.41, 5.74) is 3.77. The van der Waals surface area contributed by atoms with Gasteiger partial charge in [0, 0.05) is 10.6 Å². The zero-order valence-corrected chi connectivity index (χ0v) is 14.7. The molecule has 4 nitrogen and oxygen atoms in total. The van der Waals surface area contributed by atoms with E-state index in [1.165, 1.54) is 11.8 Å². The highest BCUT2D eigenvalue weighted by molar-refractivity contribution is 8.01. The van der Waals surface area contributed by atoms with Gasteiger partial charge in [-0.2, -0.15) is 0 Å². The van der Waals surface area contributed by atoms with Gasteiger partial charge < -0.3 is 10.6 Å². The van der Waals surface area contributed by atoms with Crippen LogP contribution in [0.25, 0.3) is 0 Å². The normalized spacial score (nSPS) is 17.6. The van der Waals surface area contributed by atoms with Crippen molar-refractivity contribution in [2.45, 2.75) is 30.9 Å². The Hall–Kier alpha value is -2.27. The van der Waals surface area contributed by atoms with Crippen molar-refractivity contribution >= 4 is 35.0 Å².